The highest BCUT2D eigenvalue weighted by molar-refractivity contribution is 5.83. The lowest BCUT2D eigenvalue weighted by Crippen LogP contribution is -2.49. The van der Waals surface area contributed by atoms with E-state index in [0.717, 1.165) is 71.1 Å². The van der Waals surface area contributed by atoms with E-state index in [2.05, 4.69) is 39.0 Å². The minimum Gasteiger partial charge on any atom is -0.340 e. The molecule has 2 aliphatic heterocycles. The summed E-state index contributed by atoms with van der Waals surface area (Å²) in [7, 11) is 0. The first-order chi connectivity index (χ1) is 15.5. The molecule has 0 N–H and O–H groups in total. The lowest BCUT2D eigenvalue weighted by atomic mass is 9.90. The SMILES string of the molecule is O=C([C@H]1CC12CCN(Cc1ccc(F)cc1F)CC2)N1CCN(Cc2ccccc2)CC1. The molecule has 3 aliphatic rings. The molecule has 1 aliphatic carbocycles. The van der Waals surface area contributed by atoms with Gasteiger partial charge in [-0.2, -0.15) is 0 Å². The van der Waals surface area contributed by atoms with Crippen LogP contribution in [0.5, 0.6) is 0 Å². The number of rotatable bonds is 5. The maximum Gasteiger partial charge on any atom is 0.226 e. The maximum atomic E-state index is 14.0. The van der Waals surface area contributed by atoms with Crippen molar-refractivity contribution < 1.29 is 13.6 Å². The normalized spacial score (nSPS) is 23.4. The van der Waals surface area contributed by atoms with Crippen molar-refractivity contribution in [2.75, 3.05) is 39.3 Å². The Bertz CT molecular complexity index is 951. The molecule has 1 saturated carbocycles. The lowest BCUT2D eigenvalue weighted by molar-refractivity contribution is -0.135. The number of halogens is 2. The number of amides is 1. The number of benzene rings is 2. The lowest BCUT2D eigenvalue weighted by Gasteiger charge is -2.36. The van der Waals surface area contributed by atoms with Crippen molar-refractivity contribution in [2.45, 2.75) is 32.4 Å². The second-order valence-corrected chi connectivity index (χ2v) is 9.72. The van der Waals surface area contributed by atoms with Gasteiger partial charge in [0.15, 0.2) is 0 Å². The first-order valence-corrected chi connectivity index (χ1v) is 11.7. The van der Waals surface area contributed by atoms with E-state index >= 15 is 0 Å². The molecule has 0 radical (unpaired) electrons. The summed E-state index contributed by atoms with van der Waals surface area (Å²) in [6, 6.07) is 14.3. The van der Waals surface area contributed by atoms with Crippen LogP contribution in [-0.4, -0.2) is 59.9 Å². The van der Waals surface area contributed by atoms with Crippen LogP contribution in [0.15, 0.2) is 48.5 Å². The highest BCUT2D eigenvalue weighted by atomic mass is 19.1. The summed E-state index contributed by atoms with van der Waals surface area (Å²) in [5, 5.41) is 0. The van der Waals surface area contributed by atoms with Gasteiger partial charge >= 0.3 is 0 Å². The van der Waals surface area contributed by atoms with E-state index in [-0.39, 0.29) is 11.3 Å². The third kappa shape index (κ3) is 4.57. The van der Waals surface area contributed by atoms with Crippen LogP contribution in [0.1, 0.15) is 30.4 Å². The van der Waals surface area contributed by atoms with Gasteiger partial charge in [0.2, 0.25) is 5.91 Å². The number of piperidine rings is 1. The van der Waals surface area contributed by atoms with Crippen molar-refractivity contribution in [1.82, 2.24) is 14.7 Å². The topological polar surface area (TPSA) is 26.8 Å². The molecule has 4 nitrogen and oxygen atoms in total. The Morgan fingerprint density at radius 2 is 1.56 bits per heavy atom. The molecule has 6 heteroatoms. The quantitative estimate of drug-likeness (QED) is 0.707. The molecule has 170 valence electrons. The zero-order valence-corrected chi connectivity index (χ0v) is 18.5. The van der Waals surface area contributed by atoms with E-state index in [4.69, 9.17) is 0 Å². The minimum absolute atomic E-state index is 0.149. The van der Waals surface area contributed by atoms with E-state index in [1.54, 1.807) is 0 Å². The summed E-state index contributed by atoms with van der Waals surface area (Å²) in [5.74, 6) is -0.518. The van der Waals surface area contributed by atoms with Crippen LogP contribution in [-0.2, 0) is 17.9 Å². The fourth-order valence-electron chi connectivity index (χ4n) is 5.49. The van der Waals surface area contributed by atoms with Gasteiger partial charge < -0.3 is 4.90 Å². The molecule has 3 fully saturated rings. The summed E-state index contributed by atoms with van der Waals surface area (Å²) >= 11 is 0. The Morgan fingerprint density at radius 1 is 0.875 bits per heavy atom. The zero-order valence-electron chi connectivity index (χ0n) is 18.5. The second kappa shape index (κ2) is 8.91. The molecule has 0 unspecified atom stereocenters. The van der Waals surface area contributed by atoms with Crippen molar-refractivity contribution in [3.05, 3.63) is 71.3 Å². The molecule has 1 spiro atoms. The average Bonchev–Trinajstić information content (AvgIpc) is 3.51. The summed E-state index contributed by atoms with van der Waals surface area (Å²) in [4.78, 5) is 19.9. The number of carbonyl (C=O) groups is 1. The zero-order chi connectivity index (χ0) is 22.1. The molecule has 2 aromatic carbocycles. The Labute approximate surface area is 188 Å². The van der Waals surface area contributed by atoms with Crippen molar-refractivity contribution in [3.63, 3.8) is 0 Å². The van der Waals surface area contributed by atoms with Gasteiger partial charge in [-0.3, -0.25) is 14.6 Å². The van der Waals surface area contributed by atoms with Gasteiger partial charge in [0.25, 0.3) is 0 Å². The predicted octanol–water partition coefficient (Wildman–Crippen LogP) is 3.91. The summed E-state index contributed by atoms with van der Waals surface area (Å²) < 4.78 is 27.1. The Kier molecular flexibility index (Phi) is 5.99. The highest BCUT2D eigenvalue weighted by Gasteiger charge is 2.59. The van der Waals surface area contributed by atoms with Crippen molar-refractivity contribution in [2.24, 2.45) is 11.3 Å². The number of hydrogen-bond donors (Lipinski definition) is 0. The molecule has 5 rings (SSSR count). The Morgan fingerprint density at radius 3 is 2.25 bits per heavy atom. The number of nitrogens with zero attached hydrogens (tertiary/aromatic N) is 3. The predicted molar refractivity (Wildman–Crippen MR) is 120 cm³/mol. The second-order valence-electron chi connectivity index (χ2n) is 9.72. The number of carbonyl (C=O) groups excluding carboxylic acids is 1. The molecular weight excluding hydrogens is 408 g/mol. The summed E-state index contributed by atoms with van der Waals surface area (Å²) in [6.45, 7) is 6.67. The van der Waals surface area contributed by atoms with E-state index in [9.17, 15) is 13.6 Å². The first kappa shape index (κ1) is 21.5. The number of piperazine rings is 1. The molecule has 1 amide bonds. The highest BCUT2D eigenvalue weighted by Crippen LogP contribution is 2.60. The molecule has 2 saturated heterocycles. The number of likely N-dealkylation sites (tertiary alicyclic amines) is 1. The Hall–Kier alpha value is -2.31. The van der Waals surface area contributed by atoms with Crippen molar-refractivity contribution in [1.29, 1.82) is 0 Å². The van der Waals surface area contributed by atoms with Crippen LogP contribution < -0.4 is 0 Å². The van der Waals surface area contributed by atoms with Crippen LogP contribution in [0.2, 0.25) is 0 Å². The number of hydrogen-bond acceptors (Lipinski definition) is 3. The van der Waals surface area contributed by atoms with Gasteiger partial charge in [-0.25, -0.2) is 8.78 Å². The van der Waals surface area contributed by atoms with Crippen LogP contribution in [0, 0.1) is 23.0 Å². The van der Waals surface area contributed by atoms with Crippen molar-refractivity contribution >= 4 is 5.91 Å². The van der Waals surface area contributed by atoms with Gasteiger partial charge in [-0.05, 0) is 49.4 Å². The summed E-state index contributed by atoms with van der Waals surface area (Å²) in [6.07, 6.45) is 2.97. The molecular formula is C26H31F2N3O. The van der Waals surface area contributed by atoms with Crippen LogP contribution in [0.25, 0.3) is 0 Å². The standard InChI is InChI=1S/C26H31F2N3O/c27-22-7-6-21(24(28)16-22)19-29-10-8-26(9-11-29)17-23(26)25(32)31-14-12-30(13-15-31)18-20-4-2-1-3-5-20/h1-7,16,23H,8-15,17-19H2/t23-/m1/s1. The van der Waals surface area contributed by atoms with Gasteiger partial charge in [-0.15, -0.1) is 0 Å². The minimum atomic E-state index is -0.538. The molecule has 1 atom stereocenters. The van der Waals surface area contributed by atoms with Gasteiger partial charge in [-0.1, -0.05) is 36.4 Å². The van der Waals surface area contributed by atoms with E-state index < -0.39 is 11.6 Å². The fraction of sp³-hybridized carbons (Fsp3) is 0.500. The third-order valence-corrected chi connectivity index (χ3v) is 7.68. The van der Waals surface area contributed by atoms with Gasteiger partial charge in [0.1, 0.15) is 11.6 Å². The van der Waals surface area contributed by atoms with Gasteiger partial charge in [0.05, 0.1) is 0 Å². The van der Waals surface area contributed by atoms with Crippen LogP contribution >= 0.6 is 0 Å². The van der Waals surface area contributed by atoms with E-state index in [1.807, 2.05) is 6.07 Å². The van der Waals surface area contributed by atoms with E-state index in [1.165, 1.54) is 17.7 Å². The molecule has 0 aromatic heterocycles. The molecule has 2 heterocycles. The average molecular weight is 440 g/mol. The van der Waals surface area contributed by atoms with Gasteiger partial charge in [0, 0.05) is 56.8 Å². The maximum absolute atomic E-state index is 14.0. The monoisotopic (exact) mass is 439 g/mol. The van der Waals surface area contributed by atoms with E-state index in [0.29, 0.717) is 18.0 Å². The van der Waals surface area contributed by atoms with Crippen LogP contribution in [0.4, 0.5) is 8.78 Å². The molecule has 2 aromatic rings. The first-order valence-electron chi connectivity index (χ1n) is 11.7. The van der Waals surface area contributed by atoms with Crippen LogP contribution in [0.3, 0.4) is 0 Å². The Balaban J connectivity index is 1.08. The molecule has 0 bridgehead atoms. The summed E-state index contributed by atoms with van der Waals surface area (Å²) in [5.41, 5.74) is 2.01. The smallest absolute Gasteiger partial charge is 0.226 e. The fourth-order valence-corrected chi connectivity index (χ4v) is 5.49. The third-order valence-electron chi connectivity index (χ3n) is 7.68. The van der Waals surface area contributed by atoms with Crippen molar-refractivity contribution in [3.8, 4) is 0 Å². The molecule has 32 heavy (non-hydrogen) atoms. The largest absolute Gasteiger partial charge is 0.340 e.